The van der Waals surface area contributed by atoms with Crippen LogP contribution >= 0.6 is 0 Å². The van der Waals surface area contributed by atoms with Crippen molar-refractivity contribution in [3.63, 3.8) is 0 Å². The minimum Gasteiger partial charge on any atom is -0.391 e. The molecule has 14 heavy (non-hydrogen) atoms. The van der Waals surface area contributed by atoms with Crippen LogP contribution < -0.4 is 0 Å². The quantitative estimate of drug-likeness (QED) is 0.647. The molecular weight excluding hydrogens is 180 g/mol. The molecule has 1 aliphatic heterocycles. The number of aliphatic hydroxyl groups excluding tert-OH is 1. The monoisotopic (exact) mass is 196 g/mol. The van der Waals surface area contributed by atoms with E-state index in [0.717, 1.165) is 25.8 Å². The van der Waals surface area contributed by atoms with Crippen LogP contribution in [0.1, 0.15) is 19.3 Å². The van der Waals surface area contributed by atoms with Gasteiger partial charge < -0.3 is 9.84 Å². The standard InChI is InChI=1S/C10H16N2O2/c11-6-8-7-12(4-5-14-8)9-2-1-3-10(9)13/h8-10,13H,1-5,7H2. The summed E-state index contributed by atoms with van der Waals surface area (Å²) in [7, 11) is 0. The Hall–Kier alpha value is -0.630. The van der Waals surface area contributed by atoms with Gasteiger partial charge in [-0.15, -0.1) is 0 Å². The summed E-state index contributed by atoms with van der Waals surface area (Å²) < 4.78 is 5.27. The van der Waals surface area contributed by atoms with Crippen LogP contribution in [0.3, 0.4) is 0 Å². The number of rotatable bonds is 1. The molecule has 1 aliphatic carbocycles. The number of ether oxygens (including phenoxy) is 1. The summed E-state index contributed by atoms with van der Waals surface area (Å²) >= 11 is 0. The number of nitrogens with zero attached hydrogens (tertiary/aromatic N) is 2. The first-order chi connectivity index (χ1) is 6.81. The van der Waals surface area contributed by atoms with Gasteiger partial charge in [0.15, 0.2) is 6.10 Å². The van der Waals surface area contributed by atoms with Crippen LogP contribution in [-0.4, -0.2) is 48.0 Å². The van der Waals surface area contributed by atoms with Crippen LogP contribution in [0.2, 0.25) is 0 Å². The summed E-state index contributed by atoms with van der Waals surface area (Å²) in [5.74, 6) is 0. The third kappa shape index (κ3) is 1.90. The van der Waals surface area contributed by atoms with E-state index in [9.17, 15) is 5.11 Å². The van der Waals surface area contributed by atoms with Gasteiger partial charge in [-0.05, 0) is 19.3 Å². The highest BCUT2D eigenvalue weighted by Crippen LogP contribution is 2.25. The molecule has 0 aromatic carbocycles. The maximum atomic E-state index is 9.73. The van der Waals surface area contributed by atoms with Gasteiger partial charge in [0.05, 0.1) is 18.8 Å². The normalized spacial score (nSPS) is 39.6. The van der Waals surface area contributed by atoms with E-state index in [-0.39, 0.29) is 18.2 Å². The highest BCUT2D eigenvalue weighted by Gasteiger charge is 2.33. The molecule has 3 unspecified atom stereocenters. The van der Waals surface area contributed by atoms with Gasteiger partial charge in [-0.2, -0.15) is 5.26 Å². The van der Waals surface area contributed by atoms with Crippen LogP contribution in [0.4, 0.5) is 0 Å². The molecule has 0 aromatic heterocycles. The number of aliphatic hydroxyl groups is 1. The summed E-state index contributed by atoms with van der Waals surface area (Å²) in [4.78, 5) is 2.20. The van der Waals surface area contributed by atoms with Gasteiger partial charge in [-0.3, -0.25) is 4.90 Å². The van der Waals surface area contributed by atoms with Gasteiger partial charge in [0.2, 0.25) is 0 Å². The lowest BCUT2D eigenvalue weighted by Crippen LogP contribution is -2.49. The fourth-order valence-electron chi connectivity index (χ4n) is 2.40. The average Bonchev–Trinajstić information content (AvgIpc) is 2.65. The first-order valence-electron chi connectivity index (χ1n) is 5.24. The van der Waals surface area contributed by atoms with Gasteiger partial charge in [-0.1, -0.05) is 0 Å². The second-order valence-electron chi connectivity index (χ2n) is 4.05. The Kier molecular flexibility index (Phi) is 3.02. The summed E-state index contributed by atoms with van der Waals surface area (Å²) in [6.07, 6.45) is 2.54. The third-order valence-corrected chi connectivity index (χ3v) is 3.15. The van der Waals surface area contributed by atoms with E-state index < -0.39 is 0 Å². The Morgan fingerprint density at radius 3 is 2.93 bits per heavy atom. The summed E-state index contributed by atoms with van der Waals surface area (Å²) in [5, 5.41) is 18.5. The topological polar surface area (TPSA) is 56.5 Å². The van der Waals surface area contributed by atoms with Gasteiger partial charge >= 0.3 is 0 Å². The van der Waals surface area contributed by atoms with Crippen molar-refractivity contribution in [1.29, 1.82) is 5.26 Å². The van der Waals surface area contributed by atoms with E-state index in [4.69, 9.17) is 10.00 Å². The molecule has 0 bridgehead atoms. The maximum absolute atomic E-state index is 9.73. The largest absolute Gasteiger partial charge is 0.391 e. The van der Waals surface area contributed by atoms with Crippen LogP contribution in [0.15, 0.2) is 0 Å². The number of nitriles is 1. The minimum absolute atomic E-state index is 0.201. The molecule has 78 valence electrons. The fourth-order valence-corrected chi connectivity index (χ4v) is 2.40. The fraction of sp³-hybridized carbons (Fsp3) is 0.900. The van der Waals surface area contributed by atoms with Gasteiger partial charge in [0, 0.05) is 19.1 Å². The Morgan fingerprint density at radius 1 is 1.43 bits per heavy atom. The SMILES string of the molecule is N#CC1CN(C2CCCC2O)CCO1. The molecule has 1 heterocycles. The van der Waals surface area contributed by atoms with Gasteiger partial charge in [0.1, 0.15) is 0 Å². The minimum atomic E-state index is -0.309. The van der Waals surface area contributed by atoms with Crippen molar-refractivity contribution in [1.82, 2.24) is 4.90 Å². The van der Waals surface area contributed by atoms with E-state index in [1.165, 1.54) is 0 Å². The third-order valence-electron chi connectivity index (χ3n) is 3.15. The Morgan fingerprint density at radius 2 is 2.29 bits per heavy atom. The lowest BCUT2D eigenvalue weighted by atomic mass is 10.1. The van der Waals surface area contributed by atoms with Crippen LogP contribution in [0, 0.1) is 11.3 Å². The highest BCUT2D eigenvalue weighted by atomic mass is 16.5. The number of hydrogen-bond donors (Lipinski definition) is 1. The number of hydrogen-bond acceptors (Lipinski definition) is 4. The molecule has 2 aliphatic rings. The molecule has 1 saturated heterocycles. The van der Waals surface area contributed by atoms with Crippen molar-refractivity contribution in [2.45, 2.75) is 37.5 Å². The zero-order chi connectivity index (χ0) is 9.97. The summed E-state index contributed by atoms with van der Waals surface area (Å²) in [6.45, 7) is 2.11. The van der Waals surface area contributed by atoms with Gasteiger partial charge in [-0.25, -0.2) is 0 Å². The number of morpholine rings is 1. The molecule has 0 amide bonds. The van der Waals surface area contributed by atoms with Crippen molar-refractivity contribution in [2.75, 3.05) is 19.7 Å². The lowest BCUT2D eigenvalue weighted by Gasteiger charge is -2.35. The molecule has 4 nitrogen and oxygen atoms in total. The smallest absolute Gasteiger partial charge is 0.156 e. The lowest BCUT2D eigenvalue weighted by molar-refractivity contribution is -0.0370. The molecule has 1 saturated carbocycles. The zero-order valence-electron chi connectivity index (χ0n) is 8.22. The van der Waals surface area contributed by atoms with Crippen molar-refractivity contribution < 1.29 is 9.84 Å². The molecule has 1 N–H and O–H groups in total. The molecule has 4 heteroatoms. The van der Waals surface area contributed by atoms with E-state index in [1.807, 2.05) is 0 Å². The van der Waals surface area contributed by atoms with E-state index in [1.54, 1.807) is 0 Å². The molecule has 0 aromatic rings. The van der Waals surface area contributed by atoms with Crippen LogP contribution in [-0.2, 0) is 4.74 Å². The van der Waals surface area contributed by atoms with Crippen LogP contribution in [0.25, 0.3) is 0 Å². The van der Waals surface area contributed by atoms with Crippen molar-refractivity contribution >= 4 is 0 Å². The Labute approximate surface area is 84.1 Å². The second kappa shape index (κ2) is 4.26. The molecule has 3 atom stereocenters. The first kappa shape index (κ1) is 9.91. The molecule has 2 rings (SSSR count). The van der Waals surface area contributed by atoms with Crippen molar-refractivity contribution in [3.8, 4) is 6.07 Å². The van der Waals surface area contributed by atoms with Crippen molar-refractivity contribution in [3.05, 3.63) is 0 Å². The molecular formula is C10H16N2O2. The maximum Gasteiger partial charge on any atom is 0.156 e. The van der Waals surface area contributed by atoms with Crippen LogP contribution in [0.5, 0.6) is 0 Å². The summed E-state index contributed by atoms with van der Waals surface area (Å²) in [6, 6.07) is 2.39. The van der Waals surface area contributed by atoms with E-state index in [2.05, 4.69) is 11.0 Å². The van der Waals surface area contributed by atoms with E-state index in [0.29, 0.717) is 13.2 Å². The average molecular weight is 196 g/mol. The summed E-state index contributed by atoms with van der Waals surface area (Å²) in [5.41, 5.74) is 0. The van der Waals surface area contributed by atoms with E-state index >= 15 is 0 Å². The highest BCUT2D eigenvalue weighted by molar-refractivity contribution is 4.94. The molecule has 0 radical (unpaired) electrons. The van der Waals surface area contributed by atoms with Gasteiger partial charge in [0.25, 0.3) is 0 Å². The first-order valence-corrected chi connectivity index (χ1v) is 5.24. The second-order valence-corrected chi connectivity index (χ2v) is 4.05. The Bertz CT molecular complexity index is 239. The van der Waals surface area contributed by atoms with Crippen molar-refractivity contribution in [2.24, 2.45) is 0 Å². The Balaban J connectivity index is 1.94. The zero-order valence-corrected chi connectivity index (χ0v) is 8.22. The predicted molar refractivity (Wildman–Crippen MR) is 50.6 cm³/mol. The predicted octanol–water partition coefficient (Wildman–Crippen LogP) is 0.124. The molecule has 2 fully saturated rings. The molecule has 0 spiro atoms.